The number of carbonyl (C=O) groups is 4. The van der Waals surface area contributed by atoms with Gasteiger partial charge in [0, 0.05) is 18.2 Å². The lowest BCUT2D eigenvalue weighted by atomic mass is 10.3. The van der Waals surface area contributed by atoms with E-state index in [0.29, 0.717) is 13.0 Å². The van der Waals surface area contributed by atoms with Gasteiger partial charge in [-0.3, -0.25) is 19.2 Å². The molecule has 0 fully saturated rings. The molecule has 0 spiro atoms. The molecule has 0 aromatic rings. The molecule has 1 amide bonds. The molecule has 19 heavy (non-hydrogen) atoms. The van der Waals surface area contributed by atoms with E-state index in [-0.39, 0.29) is 17.8 Å². The Morgan fingerprint density at radius 2 is 1.84 bits per heavy atom. The monoisotopic (exact) mass is 289 g/mol. The van der Waals surface area contributed by atoms with Gasteiger partial charge in [0.15, 0.2) is 0 Å². The number of ether oxygens (including phenoxy) is 1. The predicted octanol–water partition coefficient (Wildman–Crippen LogP) is 0.683. The van der Waals surface area contributed by atoms with Crippen molar-refractivity contribution >= 4 is 34.5 Å². The molecular weight excluding hydrogens is 270 g/mol. The molecule has 0 saturated carbocycles. The highest BCUT2D eigenvalue weighted by Crippen LogP contribution is 2.12. The van der Waals surface area contributed by atoms with Gasteiger partial charge in [-0.2, -0.15) is 0 Å². The van der Waals surface area contributed by atoms with Crippen molar-refractivity contribution in [1.29, 1.82) is 0 Å². The smallest absolute Gasteiger partial charge is 0.313 e. The Hall–Kier alpha value is -1.37. The molecule has 7 heteroatoms. The quantitative estimate of drug-likeness (QED) is 0.401. The van der Waals surface area contributed by atoms with Crippen LogP contribution >= 0.6 is 11.8 Å². The third-order valence-corrected chi connectivity index (χ3v) is 3.06. The van der Waals surface area contributed by atoms with E-state index in [9.17, 15) is 19.2 Å². The molecule has 0 saturated heterocycles. The van der Waals surface area contributed by atoms with Gasteiger partial charge in [0.05, 0.1) is 6.61 Å². The summed E-state index contributed by atoms with van der Waals surface area (Å²) in [6.45, 7) is 5.54. The first-order chi connectivity index (χ1) is 8.90. The number of rotatable bonds is 8. The molecule has 1 atom stereocenters. The van der Waals surface area contributed by atoms with Gasteiger partial charge in [-0.1, -0.05) is 25.6 Å². The van der Waals surface area contributed by atoms with Crippen molar-refractivity contribution in [2.75, 3.05) is 13.2 Å². The molecule has 0 radical (unpaired) electrons. The Kier molecular flexibility index (Phi) is 8.86. The van der Waals surface area contributed by atoms with Gasteiger partial charge in [-0.15, -0.1) is 0 Å². The minimum absolute atomic E-state index is 0.113. The van der Waals surface area contributed by atoms with Crippen molar-refractivity contribution in [3.05, 3.63) is 0 Å². The average Bonchev–Trinajstić information content (AvgIpc) is 2.35. The zero-order valence-electron chi connectivity index (χ0n) is 11.4. The second kappa shape index (κ2) is 9.55. The van der Waals surface area contributed by atoms with Crippen LogP contribution in [0.1, 0.15) is 33.6 Å². The fourth-order valence-electron chi connectivity index (χ4n) is 1.09. The Balaban J connectivity index is 4.04. The maximum absolute atomic E-state index is 11.5. The number of hydrogen-bond donors (Lipinski definition) is 1. The molecule has 0 aliphatic carbocycles. The van der Waals surface area contributed by atoms with Gasteiger partial charge < -0.3 is 10.1 Å². The largest absolute Gasteiger partial charge is 0.466 e. The maximum atomic E-state index is 11.5. The molecule has 0 aliphatic heterocycles. The number of carbonyl (C=O) groups excluding carboxylic acids is 4. The van der Waals surface area contributed by atoms with Crippen molar-refractivity contribution < 1.29 is 23.9 Å². The van der Waals surface area contributed by atoms with Gasteiger partial charge >= 0.3 is 5.97 Å². The number of ketones is 1. The highest BCUT2D eigenvalue weighted by Gasteiger charge is 2.21. The molecular formula is C12H19NO5S. The lowest BCUT2D eigenvalue weighted by Gasteiger charge is -2.10. The lowest BCUT2D eigenvalue weighted by Crippen LogP contribution is -2.30. The number of amides is 1. The molecule has 108 valence electrons. The summed E-state index contributed by atoms with van der Waals surface area (Å²) in [5.41, 5.74) is 0. The van der Waals surface area contributed by atoms with Crippen LogP contribution < -0.4 is 5.32 Å². The molecule has 1 N–H and O–H groups in total. The fraction of sp³-hybridized carbons (Fsp3) is 0.667. The first-order valence-electron chi connectivity index (χ1n) is 6.06. The van der Waals surface area contributed by atoms with Crippen molar-refractivity contribution in [2.45, 2.75) is 38.9 Å². The lowest BCUT2D eigenvalue weighted by molar-refractivity contribution is -0.147. The van der Waals surface area contributed by atoms with E-state index in [1.807, 2.05) is 0 Å². The van der Waals surface area contributed by atoms with Gasteiger partial charge in [-0.25, -0.2) is 0 Å². The second-order valence-electron chi connectivity index (χ2n) is 3.78. The van der Waals surface area contributed by atoms with Crippen molar-refractivity contribution in [3.63, 3.8) is 0 Å². The number of nitrogens with one attached hydrogen (secondary N) is 1. The van der Waals surface area contributed by atoms with Crippen LogP contribution in [0.5, 0.6) is 0 Å². The zero-order chi connectivity index (χ0) is 14.8. The van der Waals surface area contributed by atoms with Gasteiger partial charge in [-0.05, 0) is 6.92 Å². The van der Waals surface area contributed by atoms with E-state index in [1.165, 1.54) is 0 Å². The van der Waals surface area contributed by atoms with E-state index in [4.69, 9.17) is 0 Å². The normalized spacial score (nSPS) is 11.5. The molecule has 0 bridgehead atoms. The first-order valence-corrected chi connectivity index (χ1v) is 6.94. The fourth-order valence-corrected chi connectivity index (χ4v) is 1.82. The number of esters is 1. The van der Waals surface area contributed by atoms with E-state index in [2.05, 4.69) is 10.1 Å². The predicted molar refractivity (Wildman–Crippen MR) is 71.6 cm³/mol. The minimum Gasteiger partial charge on any atom is -0.466 e. The zero-order valence-corrected chi connectivity index (χ0v) is 12.2. The third kappa shape index (κ3) is 8.36. The van der Waals surface area contributed by atoms with Gasteiger partial charge in [0.2, 0.25) is 11.7 Å². The highest BCUT2D eigenvalue weighted by atomic mass is 32.2. The Labute approximate surface area is 116 Å². The Morgan fingerprint density at radius 3 is 2.37 bits per heavy atom. The third-order valence-electron chi connectivity index (χ3n) is 2.05. The topological polar surface area (TPSA) is 89.5 Å². The van der Waals surface area contributed by atoms with Crippen LogP contribution in [0, 0.1) is 0 Å². The summed E-state index contributed by atoms with van der Waals surface area (Å²) in [5, 5.41) is 1.71. The Morgan fingerprint density at radius 1 is 1.21 bits per heavy atom. The summed E-state index contributed by atoms with van der Waals surface area (Å²) in [5.74, 6) is -1.59. The first kappa shape index (κ1) is 17.6. The van der Waals surface area contributed by atoms with Crippen LogP contribution in [0.3, 0.4) is 0 Å². The van der Waals surface area contributed by atoms with E-state index in [0.717, 1.165) is 11.8 Å². The minimum atomic E-state index is -0.780. The molecule has 0 heterocycles. The summed E-state index contributed by atoms with van der Waals surface area (Å²) >= 11 is 0.809. The molecule has 0 rings (SSSR count). The van der Waals surface area contributed by atoms with Crippen molar-refractivity contribution in [2.24, 2.45) is 0 Å². The Bertz CT molecular complexity index is 356. The summed E-state index contributed by atoms with van der Waals surface area (Å²) in [7, 11) is 0. The van der Waals surface area contributed by atoms with Crippen LogP contribution in [-0.2, 0) is 23.9 Å². The molecule has 1 unspecified atom stereocenters. The van der Waals surface area contributed by atoms with Crippen LogP contribution in [0.15, 0.2) is 0 Å². The summed E-state index contributed by atoms with van der Waals surface area (Å²) in [6.07, 6.45) is -0.166. The van der Waals surface area contributed by atoms with E-state index in [1.54, 1.807) is 20.8 Å². The van der Waals surface area contributed by atoms with E-state index >= 15 is 0 Å². The molecule has 0 aromatic heterocycles. The molecule has 0 aliphatic rings. The molecule has 0 aromatic carbocycles. The van der Waals surface area contributed by atoms with Gasteiger partial charge in [0.1, 0.15) is 6.42 Å². The second-order valence-corrected chi connectivity index (χ2v) is 5.19. The average molecular weight is 289 g/mol. The van der Waals surface area contributed by atoms with Crippen LogP contribution in [0.4, 0.5) is 0 Å². The standard InChI is InChI=1S/C12H19NO5S/c1-4-10(15)13-7-8(3)19-12(17)9(14)6-11(16)18-5-2/h8H,4-7H2,1-3H3,(H,13,15). The van der Waals surface area contributed by atoms with Gasteiger partial charge in [0.25, 0.3) is 5.12 Å². The van der Waals surface area contributed by atoms with Crippen LogP contribution in [0.25, 0.3) is 0 Å². The SMILES string of the molecule is CCOC(=O)CC(=O)C(=O)SC(C)CNC(=O)CC. The summed E-state index contributed by atoms with van der Waals surface area (Å²) in [6, 6.07) is 0. The number of thioether (sulfide) groups is 1. The number of Topliss-reactive ketones (excluding diaryl/α,β-unsaturated/α-hetero) is 1. The molecule has 6 nitrogen and oxygen atoms in total. The number of hydrogen-bond acceptors (Lipinski definition) is 6. The summed E-state index contributed by atoms with van der Waals surface area (Å²) < 4.78 is 4.58. The van der Waals surface area contributed by atoms with Crippen molar-refractivity contribution in [1.82, 2.24) is 5.32 Å². The van der Waals surface area contributed by atoms with Crippen molar-refractivity contribution in [3.8, 4) is 0 Å². The van der Waals surface area contributed by atoms with Crippen LogP contribution in [-0.4, -0.2) is 41.2 Å². The maximum Gasteiger partial charge on any atom is 0.313 e. The van der Waals surface area contributed by atoms with E-state index < -0.39 is 23.3 Å². The van der Waals surface area contributed by atoms with Crippen LogP contribution in [0.2, 0.25) is 0 Å². The summed E-state index contributed by atoms with van der Waals surface area (Å²) in [4.78, 5) is 45.0. The highest BCUT2D eigenvalue weighted by molar-refractivity contribution is 8.15.